The fourth-order valence-electron chi connectivity index (χ4n) is 3.28. The normalized spacial score (nSPS) is 16.8. The lowest BCUT2D eigenvalue weighted by Gasteiger charge is -2.32. The van der Waals surface area contributed by atoms with E-state index < -0.39 is 0 Å². The smallest absolute Gasteiger partial charge is 0.409 e. The van der Waals surface area contributed by atoms with Crippen molar-refractivity contribution in [1.29, 1.82) is 0 Å². The summed E-state index contributed by atoms with van der Waals surface area (Å²) in [5, 5.41) is 3.28. The van der Waals surface area contributed by atoms with Crippen molar-refractivity contribution >= 4 is 12.1 Å². The Balaban J connectivity index is 1.89. The van der Waals surface area contributed by atoms with Crippen molar-refractivity contribution in [2.24, 2.45) is 10.7 Å². The minimum atomic E-state index is -0.241. The fourth-order valence-corrected chi connectivity index (χ4v) is 3.28. The molecule has 0 radical (unpaired) electrons. The number of carbonyl (C=O) groups is 1. The first-order valence-corrected chi connectivity index (χ1v) is 9.73. The lowest BCUT2D eigenvalue weighted by atomic mass is 10.1. The molecule has 2 rings (SSSR count). The summed E-state index contributed by atoms with van der Waals surface area (Å²) in [5.74, 6) is 1.26. The van der Waals surface area contributed by atoms with Crippen LogP contribution >= 0.6 is 0 Å². The monoisotopic (exact) mass is 391 g/mol. The minimum absolute atomic E-state index is 0.0983. The van der Waals surface area contributed by atoms with Crippen LogP contribution in [0, 0.1) is 0 Å². The van der Waals surface area contributed by atoms with Crippen LogP contribution in [0.3, 0.4) is 0 Å². The molecule has 1 aliphatic rings. The zero-order chi connectivity index (χ0) is 20.5. The SMILES string of the molecule is CCOC(=O)N1CCC(NC(N)=NCC(c2cccc(OC)c2)N(C)C)CC1. The molecule has 1 amide bonds. The van der Waals surface area contributed by atoms with Gasteiger partial charge in [-0.05, 0) is 51.6 Å². The Morgan fingerprint density at radius 3 is 2.71 bits per heavy atom. The maximum absolute atomic E-state index is 11.8. The van der Waals surface area contributed by atoms with Crippen LogP contribution in [0.15, 0.2) is 29.3 Å². The number of nitrogens with two attached hydrogens (primary N) is 1. The summed E-state index contributed by atoms with van der Waals surface area (Å²) < 4.78 is 10.4. The Morgan fingerprint density at radius 1 is 1.39 bits per heavy atom. The molecule has 0 spiro atoms. The van der Waals surface area contributed by atoms with Crippen molar-refractivity contribution in [1.82, 2.24) is 15.1 Å². The molecule has 0 aliphatic carbocycles. The Kier molecular flexibility index (Phi) is 8.38. The molecular formula is C20H33N5O3. The summed E-state index contributed by atoms with van der Waals surface area (Å²) in [7, 11) is 5.71. The highest BCUT2D eigenvalue weighted by Crippen LogP contribution is 2.23. The molecule has 8 nitrogen and oxygen atoms in total. The molecule has 0 aromatic heterocycles. The average molecular weight is 392 g/mol. The van der Waals surface area contributed by atoms with Crippen molar-refractivity contribution in [2.45, 2.75) is 31.8 Å². The van der Waals surface area contributed by atoms with Crippen LogP contribution in [-0.4, -0.2) is 75.3 Å². The minimum Gasteiger partial charge on any atom is -0.497 e. The summed E-state index contributed by atoms with van der Waals surface area (Å²) in [6.07, 6.45) is 1.40. The van der Waals surface area contributed by atoms with E-state index in [0.29, 0.717) is 32.2 Å². The van der Waals surface area contributed by atoms with Crippen molar-refractivity contribution in [3.63, 3.8) is 0 Å². The van der Waals surface area contributed by atoms with Crippen LogP contribution in [0.5, 0.6) is 5.75 Å². The number of amides is 1. The highest BCUT2D eigenvalue weighted by atomic mass is 16.6. The number of likely N-dealkylation sites (N-methyl/N-ethyl adjacent to an activating group) is 1. The number of methoxy groups -OCH3 is 1. The Hall–Kier alpha value is -2.48. The molecule has 1 saturated heterocycles. The number of hydrogen-bond acceptors (Lipinski definition) is 5. The van der Waals surface area contributed by atoms with Crippen LogP contribution < -0.4 is 15.8 Å². The van der Waals surface area contributed by atoms with E-state index in [2.05, 4.69) is 21.3 Å². The number of benzene rings is 1. The molecule has 1 unspecified atom stereocenters. The maximum atomic E-state index is 11.8. The third-order valence-corrected chi connectivity index (χ3v) is 4.91. The van der Waals surface area contributed by atoms with E-state index in [9.17, 15) is 4.79 Å². The number of rotatable bonds is 7. The molecule has 0 bridgehead atoms. The number of aliphatic imine (C=N–C) groups is 1. The summed E-state index contributed by atoms with van der Waals surface area (Å²) in [4.78, 5) is 20.2. The molecule has 1 aliphatic heterocycles. The number of piperidine rings is 1. The number of nitrogens with one attached hydrogen (secondary N) is 1. The van der Waals surface area contributed by atoms with Gasteiger partial charge in [-0.1, -0.05) is 12.1 Å². The molecule has 8 heteroatoms. The Labute approximate surface area is 167 Å². The van der Waals surface area contributed by atoms with E-state index >= 15 is 0 Å². The van der Waals surface area contributed by atoms with Crippen LogP contribution in [0.1, 0.15) is 31.4 Å². The number of likely N-dealkylation sites (tertiary alicyclic amines) is 1. The van der Waals surface area contributed by atoms with Gasteiger partial charge in [-0.2, -0.15) is 0 Å². The van der Waals surface area contributed by atoms with Gasteiger partial charge in [-0.3, -0.25) is 4.99 Å². The van der Waals surface area contributed by atoms with E-state index in [4.69, 9.17) is 15.2 Å². The van der Waals surface area contributed by atoms with Gasteiger partial charge < -0.3 is 30.3 Å². The number of carbonyl (C=O) groups excluding carboxylic acids is 1. The van der Waals surface area contributed by atoms with Gasteiger partial charge in [-0.25, -0.2) is 4.79 Å². The Morgan fingerprint density at radius 2 is 2.11 bits per heavy atom. The largest absolute Gasteiger partial charge is 0.497 e. The number of ether oxygens (including phenoxy) is 2. The maximum Gasteiger partial charge on any atom is 0.409 e. The highest BCUT2D eigenvalue weighted by Gasteiger charge is 2.24. The predicted octanol–water partition coefficient (Wildman–Crippen LogP) is 1.82. The molecule has 1 fully saturated rings. The van der Waals surface area contributed by atoms with Gasteiger partial charge in [0.25, 0.3) is 0 Å². The molecular weight excluding hydrogens is 358 g/mol. The third kappa shape index (κ3) is 6.30. The van der Waals surface area contributed by atoms with E-state index in [1.165, 1.54) is 0 Å². The zero-order valence-electron chi connectivity index (χ0n) is 17.4. The topological polar surface area (TPSA) is 92.4 Å². The predicted molar refractivity (Wildman–Crippen MR) is 111 cm³/mol. The van der Waals surface area contributed by atoms with Gasteiger partial charge in [0.15, 0.2) is 5.96 Å². The van der Waals surface area contributed by atoms with Crippen molar-refractivity contribution in [2.75, 3.05) is 47.4 Å². The van der Waals surface area contributed by atoms with Gasteiger partial charge in [0.05, 0.1) is 26.3 Å². The summed E-state index contributed by atoms with van der Waals surface area (Å²) in [6.45, 7) is 4.08. The first kappa shape index (κ1) is 21.8. The second-order valence-electron chi connectivity index (χ2n) is 7.09. The van der Waals surface area contributed by atoms with Gasteiger partial charge >= 0.3 is 6.09 Å². The summed E-state index contributed by atoms with van der Waals surface area (Å²) >= 11 is 0. The van der Waals surface area contributed by atoms with Crippen LogP contribution in [0.25, 0.3) is 0 Å². The number of hydrogen-bond donors (Lipinski definition) is 2. The van der Waals surface area contributed by atoms with E-state index in [1.54, 1.807) is 12.0 Å². The molecule has 0 saturated carbocycles. The zero-order valence-corrected chi connectivity index (χ0v) is 17.4. The summed E-state index contributed by atoms with van der Waals surface area (Å²) in [5.41, 5.74) is 7.25. The molecule has 1 aromatic carbocycles. The van der Waals surface area contributed by atoms with Crippen LogP contribution in [-0.2, 0) is 4.74 Å². The van der Waals surface area contributed by atoms with Crippen molar-refractivity contribution in [3.8, 4) is 5.75 Å². The van der Waals surface area contributed by atoms with Gasteiger partial charge in [0, 0.05) is 19.1 Å². The highest BCUT2D eigenvalue weighted by molar-refractivity contribution is 5.78. The fraction of sp³-hybridized carbons (Fsp3) is 0.600. The number of guanidine groups is 1. The first-order chi connectivity index (χ1) is 13.4. The van der Waals surface area contributed by atoms with E-state index in [0.717, 1.165) is 24.2 Å². The van der Waals surface area contributed by atoms with Crippen LogP contribution in [0.2, 0.25) is 0 Å². The molecule has 1 heterocycles. The molecule has 28 heavy (non-hydrogen) atoms. The lowest BCUT2D eigenvalue weighted by molar-refractivity contribution is 0.0963. The molecule has 1 atom stereocenters. The standard InChI is InChI=1S/C20H33N5O3/c1-5-28-20(26)25-11-9-16(10-12-25)23-19(21)22-14-18(24(2)3)15-7-6-8-17(13-15)27-4/h6-8,13,16,18H,5,9-12,14H2,1-4H3,(H3,21,22,23). The average Bonchev–Trinajstić information content (AvgIpc) is 2.68. The van der Waals surface area contributed by atoms with E-state index in [1.807, 2.05) is 39.2 Å². The number of nitrogens with zero attached hydrogens (tertiary/aromatic N) is 3. The molecule has 3 N–H and O–H groups in total. The van der Waals surface area contributed by atoms with Gasteiger partial charge in [-0.15, -0.1) is 0 Å². The quantitative estimate of drug-likeness (QED) is 0.544. The Bertz CT molecular complexity index is 657. The first-order valence-electron chi connectivity index (χ1n) is 9.73. The second kappa shape index (κ2) is 10.8. The lowest BCUT2D eigenvalue weighted by Crippen LogP contribution is -2.48. The third-order valence-electron chi connectivity index (χ3n) is 4.91. The molecule has 1 aromatic rings. The van der Waals surface area contributed by atoms with Crippen molar-refractivity contribution < 1.29 is 14.3 Å². The van der Waals surface area contributed by atoms with Gasteiger partial charge in [0.2, 0.25) is 0 Å². The van der Waals surface area contributed by atoms with Crippen molar-refractivity contribution in [3.05, 3.63) is 29.8 Å². The molecule has 156 valence electrons. The van der Waals surface area contributed by atoms with Crippen LogP contribution in [0.4, 0.5) is 4.79 Å². The second-order valence-corrected chi connectivity index (χ2v) is 7.09. The summed E-state index contributed by atoms with van der Waals surface area (Å²) in [6, 6.07) is 8.31. The van der Waals surface area contributed by atoms with E-state index in [-0.39, 0.29) is 18.2 Å². The van der Waals surface area contributed by atoms with Gasteiger partial charge in [0.1, 0.15) is 5.75 Å².